The van der Waals surface area contributed by atoms with Crippen molar-refractivity contribution in [1.82, 2.24) is 4.72 Å². The summed E-state index contributed by atoms with van der Waals surface area (Å²) in [7, 11) is -3.54. The van der Waals surface area contributed by atoms with Crippen LogP contribution in [0.1, 0.15) is 20.1 Å². The molecule has 0 bridgehead atoms. The Morgan fingerprint density at radius 3 is 2.52 bits per heavy atom. The quantitative estimate of drug-likeness (QED) is 0.682. The lowest BCUT2D eigenvalue weighted by Gasteiger charge is -2.05. The molecule has 1 N–H and O–H groups in total. The van der Waals surface area contributed by atoms with Crippen LogP contribution in [0.2, 0.25) is 0 Å². The van der Waals surface area contributed by atoms with Crippen molar-refractivity contribution in [2.24, 2.45) is 0 Å². The average Bonchev–Trinajstić information content (AvgIpc) is 3.25. The molecule has 0 atom stereocenters. The molecule has 0 unspecified atom stereocenters. The zero-order chi connectivity index (χ0) is 16.3. The molecule has 0 saturated carbocycles. The van der Waals surface area contributed by atoms with Crippen molar-refractivity contribution in [1.29, 1.82) is 0 Å². The number of hydrogen-bond donors (Lipinski definition) is 1. The Labute approximate surface area is 142 Å². The van der Waals surface area contributed by atoms with E-state index in [0.717, 1.165) is 4.88 Å². The fourth-order valence-electron chi connectivity index (χ4n) is 1.98. The number of benzene rings is 1. The Balaban J connectivity index is 1.69. The minimum absolute atomic E-state index is 0.0339. The van der Waals surface area contributed by atoms with Crippen molar-refractivity contribution in [3.05, 3.63) is 74.6 Å². The first-order valence-corrected chi connectivity index (χ1v) is 10.0. The van der Waals surface area contributed by atoms with Crippen LogP contribution in [0.15, 0.2) is 64.2 Å². The molecular weight excluding hydrogens is 350 g/mol. The highest BCUT2D eigenvalue weighted by atomic mass is 32.2. The van der Waals surface area contributed by atoms with Crippen molar-refractivity contribution in [3.63, 3.8) is 0 Å². The summed E-state index contributed by atoms with van der Waals surface area (Å²) in [5.41, 5.74) is 0.660. The third kappa shape index (κ3) is 3.76. The number of hydrogen-bond acceptors (Lipinski definition) is 5. The summed E-state index contributed by atoms with van der Waals surface area (Å²) in [6, 6.07) is 13.5. The van der Waals surface area contributed by atoms with Gasteiger partial charge in [0.25, 0.3) is 0 Å². The fourth-order valence-corrected chi connectivity index (χ4v) is 4.64. The van der Waals surface area contributed by atoms with Crippen molar-refractivity contribution in [3.8, 4) is 0 Å². The summed E-state index contributed by atoms with van der Waals surface area (Å²) < 4.78 is 26.9. The number of nitrogens with one attached hydrogen (secondary N) is 1. The molecule has 2 heterocycles. The lowest BCUT2D eigenvalue weighted by Crippen LogP contribution is -2.22. The van der Waals surface area contributed by atoms with Crippen molar-refractivity contribution >= 4 is 38.5 Å². The molecule has 0 aliphatic rings. The van der Waals surface area contributed by atoms with Crippen LogP contribution in [0.25, 0.3) is 0 Å². The van der Waals surface area contributed by atoms with E-state index >= 15 is 0 Å². The van der Waals surface area contributed by atoms with Crippen molar-refractivity contribution in [2.75, 3.05) is 0 Å². The maximum atomic E-state index is 12.2. The van der Waals surface area contributed by atoms with Crippen LogP contribution in [0.5, 0.6) is 0 Å². The van der Waals surface area contributed by atoms with Gasteiger partial charge in [-0.15, -0.1) is 11.3 Å². The number of rotatable bonds is 6. The largest absolute Gasteiger partial charge is 0.288 e. The second-order valence-electron chi connectivity index (χ2n) is 4.74. The summed E-state index contributed by atoms with van der Waals surface area (Å²) in [6.45, 7) is 0.165. The molecule has 0 aliphatic carbocycles. The van der Waals surface area contributed by atoms with E-state index in [2.05, 4.69) is 4.72 Å². The normalized spacial score (nSPS) is 11.5. The predicted octanol–water partition coefficient (Wildman–Crippen LogP) is 3.52. The molecule has 0 fully saturated rings. The number of sulfonamides is 1. The molecule has 0 spiro atoms. The van der Waals surface area contributed by atoms with E-state index in [1.54, 1.807) is 53.9 Å². The molecule has 23 heavy (non-hydrogen) atoms. The molecule has 3 rings (SSSR count). The number of ketones is 1. The zero-order valence-corrected chi connectivity index (χ0v) is 14.4. The highest BCUT2D eigenvalue weighted by Gasteiger charge is 2.15. The molecule has 7 heteroatoms. The molecule has 0 aliphatic heterocycles. The molecule has 118 valence electrons. The number of carbonyl (C=O) groups excluding carboxylic acids is 1. The molecule has 4 nitrogen and oxygen atoms in total. The van der Waals surface area contributed by atoms with Gasteiger partial charge in [-0.3, -0.25) is 4.79 Å². The lowest BCUT2D eigenvalue weighted by molar-refractivity contribution is 0.104. The van der Waals surface area contributed by atoms with Crippen LogP contribution in [-0.4, -0.2) is 14.2 Å². The van der Waals surface area contributed by atoms with Crippen LogP contribution < -0.4 is 4.72 Å². The van der Waals surface area contributed by atoms with Gasteiger partial charge in [0.05, 0.1) is 9.77 Å². The SMILES string of the molecule is O=C(c1ccsc1)c1ccc(CNS(=O)(=O)c2ccccc2)s1. The second-order valence-corrected chi connectivity index (χ2v) is 8.46. The van der Waals surface area contributed by atoms with Crippen LogP contribution in [-0.2, 0) is 16.6 Å². The van der Waals surface area contributed by atoms with Crippen LogP contribution in [0.3, 0.4) is 0 Å². The Bertz CT molecular complexity index is 897. The summed E-state index contributed by atoms with van der Waals surface area (Å²) in [5.74, 6) is -0.0339. The summed E-state index contributed by atoms with van der Waals surface area (Å²) in [6.07, 6.45) is 0. The van der Waals surface area contributed by atoms with Gasteiger partial charge in [-0.1, -0.05) is 18.2 Å². The minimum Gasteiger partial charge on any atom is -0.288 e. The van der Waals surface area contributed by atoms with Gasteiger partial charge < -0.3 is 0 Å². The van der Waals surface area contributed by atoms with Gasteiger partial charge in [0, 0.05) is 22.4 Å². The molecular formula is C16H13NO3S3. The average molecular weight is 363 g/mol. The Morgan fingerprint density at radius 1 is 1.04 bits per heavy atom. The maximum Gasteiger partial charge on any atom is 0.240 e. The first kappa shape index (κ1) is 16.1. The Hall–Kier alpha value is -1.80. The molecule has 0 saturated heterocycles. The van der Waals surface area contributed by atoms with E-state index in [1.807, 2.05) is 5.38 Å². The van der Waals surface area contributed by atoms with Gasteiger partial charge in [-0.2, -0.15) is 11.3 Å². The summed E-state index contributed by atoms with van der Waals surface area (Å²) in [5, 5.41) is 3.66. The molecule has 0 radical (unpaired) electrons. The van der Waals surface area contributed by atoms with E-state index in [1.165, 1.54) is 22.7 Å². The van der Waals surface area contributed by atoms with Crippen molar-refractivity contribution in [2.45, 2.75) is 11.4 Å². The topological polar surface area (TPSA) is 63.2 Å². The van der Waals surface area contributed by atoms with Crippen LogP contribution in [0, 0.1) is 0 Å². The van der Waals surface area contributed by atoms with E-state index in [9.17, 15) is 13.2 Å². The highest BCUT2D eigenvalue weighted by molar-refractivity contribution is 7.89. The lowest BCUT2D eigenvalue weighted by atomic mass is 10.2. The van der Waals surface area contributed by atoms with E-state index < -0.39 is 10.0 Å². The van der Waals surface area contributed by atoms with Crippen LogP contribution >= 0.6 is 22.7 Å². The highest BCUT2D eigenvalue weighted by Crippen LogP contribution is 2.21. The van der Waals surface area contributed by atoms with Crippen LogP contribution in [0.4, 0.5) is 0 Å². The fraction of sp³-hybridized carbons (Fsp3) is 0.0625. The van der Waals surface area contributed by atoms with Gasteiger partial charge in [-0.05, 0) is 35.7 Å². The van der Waals surface area contributed by atoms with Gasteiger partial charge in [-0.25, -0.2) is 13.1 Å². The monoisotopic (exact) mass is 363 g/mol. The molecule has 2 aromatic heterocycles. The number of thiophene rings is 2. The summed E-state index contributed by atoms with van der Waals surface area (Å²) >= 11 is 2.78. The maximum absolute atomic E-state index is 12.2. The first-order valence-electron chi connectivity index (χ1n) is 6.76. The zero-order valence-electron chi connectivity index (χ0n) is 11.9. The predicted molar refractivity (Wildman–Crippen MR) is 92.5 cm³/mol. The van der Waals surface area contributed by atoms with Crippen molar-refractivity contribution < 1.29 is 13.2 Å². The van der Waals surface area contributed by atoms with Gasteiger partial charge in [0.2, 0.25) is 15.8 Å². The van der Waals surface area contributed by atoms with Gasteiger partial charge >= 0.3 is 0 Å². The molecule has 1 aromatic carbocycles. The standard InChI is InChI=1S/C16H13NO3S3/c18-16(12-8-9-21-11-12)15-7-6-13(22-15)10-17-23(19,20)14-4-2-1-3-5-14/h1-9,11,17H,10H2. The molecule has 0 amide bonds. The van der Waals surface area contributed by atoms with Gasteiger partial charge in [0.1, 0.15) is 0 Å². The van der Waals surface area contributed by atoms with E-state index in [-0.39, 0.29) is 17.2 Å². The first-order chi connectivity index (χ1) is 11.1. The minimum atomic E-state index is -3.54. The number of carbonyl (C=O) groups is 1. The third-order valence-corrected chi connectivity index (χ3v) is 6.34. The summed E-state index contributed by atoms with van der Waals surface area (Å²) in [4.78, 5) is 13.9. The Morgan fingerprint density at radius 2 is 1.83 bits per heavy atom. The van der Waals surface area contributed by atoms with E-state index in [4.69, 9.17) is 0 Å². The van der Waals surface area contributed by atoms with Gasteiger partial charge in [0.15, 0.2) is 0 Å². The smallest absolute Gasteiger partial charge is 0.240 e. The Kier molecular flexibility index (Phi) is 4.72. The second kappa shape index (κ2) is 6.76. The van der Waals surface area contributed by atoms with E-state index in [0.29, 0.717) is 10.4 Å². The molecule has 3 aromatic rings. The third-order valence-electron chi connectivity index (χ3n) is 3.16.